The average Bonchev–Trinajstić information content (AvgIpc) is 2.49. The average molecular weight is 394 g/mol. The van der Waals surface area contributed by atoms with Crippen molar-refractivity contribution >= 4 is 43.5 Å². The highest BCUT2D eigenvalue weighted by Gasteiger charge is 2.16. The Bertz CT molecular complexity index is 675. The highest BCUT2D eigenvalue weighted by atomic mass is 79.9. The van der Waals surface area contributed by atoms with E-state index < -0.39 is 0 Å². The van der Waals surface area contributed by atoms with Crippen molar-refractivity contribution in [2.24, 2.45) is 10.2 Å². The molecule has 6 heteroatoms. The van der Waals surface area contributed by atoms with Crippen molar-refractivity contribution in [3.8, 4) is 0 Å². The lowest BCUT2D eigenvalue weighted by atomic mass is 10.2. The van der Waals surface area contributed by atoms with Crippen LogP contribution in [0.1, 0.15) is 11.1 Å². The van der Waals surface area contributed by atoms with Crippen molar-refractivity contribution < 1.29 is 0 Å². The third kappa shape index (κ3) is 2.62. The molecule has 0 aromatic heterocycles. The standard InChI is InChI=1S/C14H10Br2N4/c15-10-7-4-8-11(16)12(10)14-19-17-13(18-20-14)9-5-2-1-3-6-9/h1-8H,(H,17,18)(H,19,20). The largest absolute Gasteiger partial charge is 0.281 e. The summed E-state index contributed by atoms with van der Waals surface area (Å²) < 4.78 is 1.89. The second-order valence-electron chi connectivity index (χ2n) is 4.11. The molecule has 0 spiro atoms. The first kappa shape index (κ1) is 13.3. The van der Waals surface area contributed by atoms with Gasteiger partial charge in [0.2, 0.25) is 0 Å². The molecule has 0 radical (unpaired) electrons. The van der Waals surface area contributed by atoms with Gasteiger partial charge in [0.25, 0.3) is 0 Å². The molecule has 1 aliphatic heterocycles. The maximum absolute atomic E-state index is 4.25. The summed E-state index contributed by atoms with van der Waals surface area (Å²) in [5.74, 6) is 1.35. The minimum atomic E-state index is 0.657. The fourth-order valence-electron chi connectivity index (χ4n) is 1.83. The van der Waals surface area contributed by atoms with Crippen LogP contribution in [0.3, 0.4) is 0 Å². The first-order chi connectivity index (χ1) is 9.75. The normalized spacial score (nSPS) is 13.9. The summed E-state index contributed by atoms with van der Waals surface area (Å²) in [4.78, 5) is 0. The van der Waals surface area contributed by atoms with Crippen LogP contribution >= 0.6 is 31.9 Å². The van der Waals surface area contributed by atoms with E-state index in [0.29, 0.717) is 11.7 Å². The molecule has 2 aromatic carbocycles. The highest BCUT2D eigenvalue weighted by molar-refractivity contribution is 9.11. The van der Waals surface area contributed by atoms with Gasteiger partial charge in [-0.1, -0.05) is 36.4 Å². The first-order valence-corrected chi connectivity index (χ1v) is 7.52. The molecule has 0 saturated heterocycles. The molecule has 0 fully saturated rings. The third-order valence-corrected chi connectivity index (χ3v) is 4.12. The van der Waals surface area contributed by atoms with Crippen LogP contribution in [-0.4, -0.2) is 11.7 Å². The molecule has 100 valence electrons. The molecule has 0 amide bonds. The Kier molecular flexibility index (Phi) is 3.84. The Labute approximate surface area is 133 Å². The number of halogens is 2. The molecule has 2 N–H and O–H groups in total. The topological polar surface area (TPSA) is 48.8 Å². The zero-order chi connectivity index (χ0) is 13.9. The van der Waals surface area contributed by atoms with Crippen LogP contribution in [0.25, 0.3) is 0 Å². The smallest absolute Gasteiger partial charge is 0.176 e. The van der Waals surface area contributed by atoms with Gasteiger partial charge >= 0.3 is 0 Å². The van der Waals surface area contributed by atoms with E-state index in [9.17, 15) is 0 Å². The van der Waals surface area contributed by atoms with Gasteiger partial charge in [0.1, 0.15) is 0 Å². The minimum absolute atomic E-state index is 0.657. The summed E-state index contributed by atoms with van der Waals surface area (Å²) in [5, 5.41) is 8.48. The molecule has 0 unspecified atom stereocenters. The lowest BCUT2D eigenvalue weighted by Gasteiger charge is -2.18. The minimum Gasteiger partial charge on any atom is -0.281 e. The Morgan fingerprint density at radius 1 is 0.700 bits per heavy atom. The Morgan fingerprint density at radius 3 is 1.90 bits per heavy atom. The lowest BCUT2D eigenvalue weighted by molar-refractivity contribution is 0.824. The van der Waals surface area contributed by atoms with E-state index in [-0.39, 0.29) is 0 Å². The molecule has 2 aromatic rings. The van der Waals surface area contributed by atoms with Gasteiger partial charge in [-0.2, -0.15) is 0 Å². The van der Waals surface area contributed by atoms with E-state index in [1.54, 1.807) is 0 Å². The number of rotatable bonds is 2. The van der Waals surface area contributed by atoms with Crippen LogP contribution in [0.4, 0.5) is 0 Å². The molecule has 1 heterocycles. The Balaban J connectivity index is 1.96. The molecular formula is C14H10Br2N4. The molecule has 3 rings (SSSR count). The van der Waals surface area contributed by atoms with E-state index in [1.807, 2.05) is 48.5 Å². The number of nitrogens with zero attached hydrogens (tertiary/aromatic N) is 2. The maximum Gasteiger partial charge on any atom is 0.176 e. The quantitative estimate of drug-likeness (QED) is 0.821. The van der Waals surface area contributed by atoms with Gasteiger partial charge in [0.05, 0.1) is 0 Å². The number of nitrogens with one attached hydrogen (secondary N) is 2. The predicted octanol–water partition coefficient (Wildman–Crippen LogP) is 3.43. The maximum atomic E-state index is 4.25. The Hall–Kier alpha value is -1.66. The summed E-state index contributed by atoms with van der Waals surface area (Å²) >= 11 is 7.03. The molecule has 0 atom stereocenters. The van der Waals surface area contributed by atoms with Gasteiger partial charge in [0.15, 0.2) is 11.7 Å². The SMILES string of the molecule is Brc1cccc(Br)c1C1=NN=C(c2ccccc2)NN1. The fraction of sp³-hybridized carbons (Fsp3) is 0. The Morgan fingerprint density at radius 2 is 1.30 bits per heavy atom. The summed E-state index contributed by atoms with van der Waals surface area (Å²) in [6.45, 7) is 0. The molecule has 4 nitrogen and oxygen atoms in total. The van der Waals surface area contributed by atoms with Crippen molar-refractivity contribution in [3.05, 3.63) is 68.6 Å². The number of hydrogen-bond acceptors (Lipinski definition) is 4. The highest BCUT2D eigenvalue weighted by Crippen LogP contribution is 2.25. The molecule has 1 aliphatic rings. The number of hydrogen-bond donors (Lipinski definition) is 2. The van der Waals surface area contributed by atoms with Crippen LogP contribution in [0.5, 0.6) is 0 Å². The van der Waals surface area contributed by atoms with Gasteiger partial charge in [-0.05, 0) is 44.0 Å². The molecular weight excluding hydrogens is 384 g/mol. The molecule has 0 bridgehead atoms. The van der Waals surface area contributed by atoms with Gasteiger partial charge in [-0.3, -0.25) is 10.9 Å². The van der Waals surface area contributed by atoms with Gasteiger partial charge < -0.3 is 0 Å². The lowest BCUT2D eigenvalue weighted by Crippen LogP contribution is -2.45. The molecule has 20 heavy (non-hydrogen) atoms. The zero-order valence-electron chi connectivity index (χ0n) is 10.3. The van der Waals surface area contributed by atoms with E-state index >= 15 is 0 Å². The van der Waals surface area contributed by atoms with Crippen molar-refractivity contribution in [2.75, 3.05) is 0 Å². The first-order valence-electron chi connectivity index (χ1n) is 5.93. The zero-order valence-corrected chi connectivity index (χ0v) is 13.4. The summed E-state index contributed by atoms with van der Waals surface area (Å²) in [7, 11) is 0. The van der Waals surface area contributed by atoms with Crippen LogP contribution < -0.4 is 10.9 Å². The monoisotopic (exact) mass is 392 g/mol. The van der Waals surface area contributed by atoms with Crippen molar-refractivity contribution in [1.29, 1.82) is 0 Å². The molecule has 0 saturated carbocycles. The van der Waals surface area contributed by atoms with Crippen molar-refractivity contribution in [2.45, 2.75) is 0 Å². The van der Waals surface area contributed by atoms with Crippen LogP contribution in [0, 0.1) is 0 Å². The number of benzene rings is 2. The summed E-state index contributed by atoms with van der Waals surface area (Å²) in [6.07, 6.45) is 0. The van der Waals surface area contributed by atoms with Gasteiger partial charge in [-0.25, -0.2) is 0 Å². The summed E-state index contributed by atoms with van der Waals surface area (Å²) in [6, 6.07) is 15.7. The second-order valence-corrected chi connectivity index (χ2v) is 5.82. The van der Waals surface area contributed by atoms with Gasteiger partial charge in [-0.15, -0.1) is 10.2 Å². The van der Waals surface area contributed by atoms with Crippen LogP contribution in [0.2, 0.25) is 0 Å². The fourth-order valence-corrected chi connectivity index (χ4v) is 3.20. The van der Waals surface area contributed by atoms with Crippen LogP contribution in [0.15, 0.2) is 67.7 Å². The third-order valence-electron chi connectivity index (χ3n) is 2.80. The summed E-state index contributed by atoms with van der Waals surface area (Å²) in [5.41, 5.74) is 8.05. The van der Waals surface area contributed by atoms with E-state index in [2.05, 4.69) is 52.9 Å². The van der Waals surface area contributed by atoms with E-state index in [0.717, 1.165) is 20.1 Å². The van der Waals surface area contributed by atoms with Crippen LogP contribution in [-0.2, 0) is 0 Å². The number of amidine groups is 2. The molecule has 0 aliphatic carbocycles. The van der Waals surface area contributed by atoms with Crippen molar-refractivity contribution in [3.63, 3.8) is 0 Å². The van der Waals surface area contributed by atoms with E-state index in [1.165, 1.54) is 0 Å². The van der Waals surface area contributed by atoms with Gasteiger partial charge in [0, 0.05) is 20.1 Å². The predicted molar refractivity (Wildman–Crippen MR) is 87.6 cm³/mol. The second kappa shape index (κ2) is 5.76. The van der Waals surface area contributed by atoms with Crippen molar-refractivity contribution in [1.82, 2.24) is 10.9 Å². The number of hydrazine groups is 1. The van der Waals surface area contributed by atoms with E-state index in [4.69, 9.17) is 0 Å².